The highest BCUT2D eigenvalue weighted by Crippen LogP contribution is 2.27. The molecule has 0 aromatic heterocycles. The van der Waals surface area contributed by atoms with Crippen LogP contribution in [0.1, 0.15) is 12.0 Å². The Morgan fingerprint density at radius 2 is 2.18 bits per heavy atom. The van der Waals surface area contributed by atoms with E-state index in [1.807, 2.05) is 0 Å². The van der Waals surface area contributed by atoms with Gasteiger partial charge in [0.2, 0.25) is 0 Å². The molecule has 0 saturated heterocycles. The summed E-state index contributed by atoms with van der Waals surface area (Å²) in [5, 5.41) is 8.54. The van der Waals surface area contributed by atoms with Gasteiger partial charge < -0.3 is 9.84 Å². The molecule has 0 unspecified atom stereocenters. The second-order valence-corrected chi connectivity index (χ2v) is 5.86. The number of carbonyl (C=O) groups is 1. The van der Waals surface area contributed by atoms with E-state index < -0.39 is 21.6 Å². The van der Waals surface area contributed by atoms with E-state index in [-0.39, 0.29) is 4.90 Å². The first kappa shape index (κ1) is 11.9. The molecule has 0 aliphatic carbocycles. The zero-order valence-electron chi connectivity index (χ0n) is 9.05. The maximum Gasteiger partial charge on any atom is 0.319 e. The van der Waals surface area contributed by atoms with E-state index in [9.17, 15) is 13.2 Å². The Morgan fingerprint density at radius 1 is 1.41 bits per heavy atom. The smallest absolute Gasteiger partial charge is 0.319 e. The lowest BCUT2D eigenvalue weighted by molar-refractivity contribution is -0.134. The standard InChI is InChI=1S/C11H12O5S/c12-11(13)7-17(14,15)9-3-4-10-8(6-9)2-1-5-16-10/h3-4,6H,1-2,5,7H2,(H,12,13). The minimum absolute atomic E-state index is 0.0455. The van der Waals surface area contributed by atoms with Crippen LogP contribution in [0.3, 0.4) is 0 Å². The predicted molar refractivity (Wildman–Crippen MR) is 59.9 cm³/mol. The first-order valence-electron chi connectivity index (χ1n) is 5.19. The fourth-order valence-electron chi connectivity index (χ4n) is 1.78. The Kier molecular flexibility index (Phi) is 3.06. The summed E-state index contributed by atoms with van der Waals surface area (Å²) in [4.78, 5) is 10.5. The molecule has 0 bridgehead atoms. The highest BCUT2D eigenvalue weighted by molar-refractivity contribution is 7.92. The van der Waals surface area contributed by atoms with Crippen molar-refractivity contribution in [3.05, 3.63) is 23.8 Å². The summed E-state index contributed by atoms with van der Waals surface area (Å²) < 4.78 is 28.8. The fourth-order valence-corrected chi connectivity index (χ4v) is 2.87. The van der Waals surface area contributed by atoms with Crippen LogP contribution >= 0.6 is 0 Å². The summed E-state index contributed by atoms with van der Waals surface area (Å²) in [6.07, 6.45) is 1.60. The molecule has 92 valence electrons. The Morgan fingerprint density at radius 3 is 2.88 bits per heavy atom. The lowest BCUT2D eigenvalue weighted by Crippen LogP contribution is -2.16. The van der Waals surface area contributed by atoms with E-state index >= 15 is 0 Å². The molecule has 0 saturated carbocycles. The van der Waals surface area contributed by atoms with Crippen molar-refractivity contribution >= 4 is 15.8 Å². The van der Waals surface area contributed by atoms with Gasteiger partial charge >= 0.3 is 5.97 Å². The molecule has 1 N–H and O–H groups in total. The maximum atomic E-state index is 11.7. The Bertz CT molecular complexity index is 547. The topological polar surface area (TPSA) is 80.7 Å². The molecule has 6 heteroatoms. The predicted octanol–water partition coefficient (Wildman–Crippen LogP) is 0.870. The highest BCUT2D eigenvalue weighted by atomic mass is 32.2. The minimum Gasteiger partial charge on any atom is -0.493 e. The average Bonchev–Trinajstić information content (AvgIpc) is 2.26. The Balaban J connectivity index is 2.37. The number of hydrogen-bond donors (Lipinski definition) is 1. The zero-order valence-corrected chi connectivity index (χ0v) is 9.87. The van der Waals surface area contributed by atoms with Gasteiger partial charge in [-0.05, 0) is 36.6 Å². The molecule has 2 rings (SSSR count). The molecule has 17 heavy (non-hydrogen) atoms. The van der Waals surface area contributed by atoms with E-state index in [0.717, 1.165) is 18.4 Å². The molecule has 0 amide bonds. The van der Waals surface area contributed by atoms with Crippen molar-refractivity contribution in [2.45, 2.75) is 17.7 Å². The summed E-state index contributed by atoms with van der Waals surface area (Å²) in [5.74, 6) is -1.54. The maximum absolute atomic E-state index is 11.7. The molecule has 1 aliphatic heterocycles. The van der Waals surface area contributed by atoms with Crippen molar-refractivity contribution < 1.29 is 23.1 Å². The molecule has 1 aromatic rings. The monoisotopic (exact) mass is 256 g/mol. The number of hydrogen-bond acceptors (Lipinski definition) is 4. The van der Waals surface area contributed by atoms with Crippen LogP contribution < -0.4 is 4.74 Å². The molecule has 1 aromatic carbocycles. The number of carboxylic acid groups (broad SMARTS) is 1. The minimum atomic E-state index is -3.75. The summed E-state index contributed by atoms with van der Waals surface area (Å²) in [7, 11) is -3.75. The third-order valence-corrected chi connectivity index (χ3v) is 4.15. The van der Waals surface area contributed by atoms with Gasteiger partial charge in [-0.15, -0.1) is 0 Å². The van der Waals surface area contributed by atoms with Crippen LogP contribution in [0, 0.1) is 0 Å². The number of sulfone groups is 1. The van der Waals surface area contributed by atoms with Gasteiger partial charge in [0.1, 0.15) is 5.75 Å². The van der Waals surface area contributed by atoms with Crippen LogP contribution in [0.2, 0.25) is 0 Å². The van der Waals surface area contributed by atoms with Crippen LogP contribution in [0.5, 0.6) is 5.75 Å². The summed E-state index contributed by atoms with van der Waals surface area (Å²) in [6, 6.07) is 4.48. The molecular weight excluding hydrogens is 244 g/mol. The highest BCUT2D eigenvalue weighted by Gasteiger charge is 2.21. The van der Waals surface area contributed by atoms with Gasteiger partial charge in [-0.25, -0.2) is 8.42 Å². The number of aliphatic carboxylic acids is 1. The Labute approximate surface area is 98.9 Å². The zero-order chi connectivity index (χ0) is 12.5. The quantitative estimate of drug-likeness (QED) is 0.867. The molecule has 5 nitrogen and oxygen atoms in total. The van der Waals surface area contributed by atoms with Crippen molar-refractivity contribution in [1.82, 2.24) is 0 Å². The summed E-state index contributed by atoms with van der Waals surface area (Å²) in [5.41, 5.74) is 0.822. The van der Waals surface area contributed by atoms with Crippen molar-refractivity contribution in [3.8, 4) is 5.75 Å². The number of benzene rings is 1. The third-order valence-electron chi connectivity index (χ3n) is 2.55. The van der Waals surface area contributed by atoms with Crippen LogP contribution in [0.4, 0.5) is 0 Å². The summed E-state index contributed by atoms with van der Waals surface area (Å²) in [6.45, 7) is 0.633. The van der Waals surface area contributed by atoms with Crippen LogP contribution in [-0.4, -0.2) is 31.9 Å². The van der Waals surface area contributed by atoms with E-state index in [0.29, 0.717) is 12.4 Å². The first-order chi connectivity index (χ1) is 7.99. The van der Waals surface area contributed by atoms with Crippen molar-refractivity contribution in [1.29, 1.82) is 0 Å². The SMILES string of the molecule is O=C(O)CS(=O)(=O)c1ccc2c(c1)CCCO2. The second-order valence-electron chi connectivity index (χ2n) is 3.87. The molecule has 0 atom stereocenters. The van der Waals surface area contributed by atoms with E-state index in [1.54, 1.807) is 6.07 Å². The van der Waals surface area contributed by atoms with Crippen molar-refractivity contribution in [2.75, 3.05) is 12.4 Å². The van der Waals surface area contributed by atoms with Crippen LogP contribution in [-0.2, 0) is 21.1 Å². The number of rotatable bonds is 3. The Hall–Kier alpha value is -1.56. The average molecular weight is 256 g/mol. The normalized spacial score (nSPS) is 14.8. The van der Waals surface area contributed by atoms with E-state index in [1.165, 1.54) is 12.1 Å². The largest absolute Gasteiger partial charge is 0.493 e. The van der Waals surface area contributed by atoms with Gasteiger partial charge in [0.25, 0.3) is 0 Å². The first-order valence-corrected chi connectivity index (χ1v) is 6.84. The van der Waals surface area contributed by atoms with E-state index in [4.69, 9.17) is 9.84 Å². The lowest BCUT2D eigenvalue weighted by Gasteiger charge is -2.17. The van der Waals surface area contributed by atoms with Gasteiger partial charge in [0.15, 0.2) is 15.6 Å². The molecule has 0 spiro atoms. The van der Waals surface area contributed by atoms with Crippen LogP contribution in [0.15, 0.2) is 23.1 Å². The summed E-state index contributed by atoms with van der Waals surface area (Å²) >= 11 is 0. The molecule has 0 radical (unpaired) electrons. The molecule has 1 heterocycles. The molecular formula is C11H12O5S. The van der Waals surface area contributed by atoms with Crippen LogP contribution in [0.25, 0.3) is 0 Å². The number of aryl methyl sites for hydroxylation is 1. The van der Waals surface area contributed by atoms with Crippen molar-refractivity contribution in [2.24, 2.45) is 0 Å². The number of ether oxygens (including phenoxy) is 1. The lowest BCUT2D eigenvalue weighted by atomic mass is 10.1. The van der Waals surface area contributed by atoms with E-state index in [2.05, 4.69) is 0 Å². The van der Waals surface area contributed by atoms with Crippen molar-refractivity contribution in [3.63, 3.8) is 0 Å². The van der Waals surface area contributed by atoms with Gasteiger partial charge in [0.05, 0.1) is 11.5 Å². The second kappa shape index (κ2) is 4.37. The molecule has 0 fully saturated rings. The fraction of sp³-hybridized carbons (Fsp3) is 0.364. The number of carboxylic acids is 1. The number of fused-ring (bicyclic) bond motifs is 1. The third kappa shape index (κ3) is 2.58. The van der Waals surface area contributed by atoms with Gasteiger partial charge in [0, 0.05) is 0 Å². The van der Waals surface area contributed by atoms with Gasteiger partial charge in [-0.3, -0.25) is 4.79 Å². The van der Waals surface area contributed by atoms with Gasteiger partial charge in [-0.2, -0.15) is 0 Å². The molecule has 1 aliphatic rings. The van der Waals surface area contributed by atoms with Gasteiger partial charge in [-0.1, -0.05) is 0 Å².